The van der Waals surface area contributed by atoms with Crippen LogP contribution in [0.15, 0.2) is 29.6 Å². The van der Waals surface area contributed by atoms with Gasteiger partial charge in [-0.15, -0.1) is 10.0 Å². The van der Waals surface area contributed by atoms with E-state index in [9.17, 15) is 9.30 Å². The molecule has 2 rings (SSSR count). The van der Waals surface area contributed by atoms with Crippen LogP contribution in [0.5, 0.6) is 0 Å². The molecule has 1 unspecified atom stereocenters. The number of ether oxygens (including phenoxy) is 1. The predicted molar refractivity (Wildman–Crippen MR) is 78.9 cm³/mol. The molecule has 0 aliphatic heterocycles. The summed E-state index contributed by atoms with van der Waals surface area (Å²) in [6.07, 6.45) is 0.290. The number of nitroso groups, excluding NO2 is 1. The summed E-state index contributed by atoms with van der Waals surface area (Å²) < 4.78 is 20.3. The lowest BCUT2D eigenvalue weighted by molar-refractivity contribution is 0.100. The minimum atomic E-state index is -1.12. The molecule has 9 heteroatoms. The average Bonchev–Trinajstić information content (AvgIpc) is 2.90. The van der Waals surface area contributed by atoms with E-state index < -0.39 is 17.6 Å². The lowest BCUT2D eigenvalue weighted by atomic mass is 9.86. The first kappa shape index (κ1) is 16.2. The molecule has 114 valence electrons. The van der Waals surface area contributed by atoms with Crippen LogP contribution >= 0.6 is 0 Å². The predicted octanol–water partition coefficient (Wildman–Crippen LogP) is 0.496. The Morgan fingerprint density at radius 1 is 1.59 bits per heavy atom. The van der Waals surface area contributed by atoms with E-state index in [0.717, 1.165) is 0 Å². The molecular weight excluding hydrogens is 288 g/mol. The second-order valence-electron chi connectivity index (χ2n) is 5.17. The lowest BCUT2D eigenvalue weighted by Gasteiger charge is -2.27. The Hall–Kier alpha value is -2.13. The quantitative estimate of drug-likeness (QED) is 0.619. The van der Waals surface area contributed by atoms with Crippen molar-refractivity contribution < 1.29 is 9.13 Å². The van der Waals surface area contributed by atoms with Crippen LogP contribution in [0.2, 0.25) is 0 Å². The van der Waals surface area contributed by atoms with Crippen molar-refractivity contribution in [3.8, 4) is 0 Å². The molecule has 1 heterocycles. The molecule has 0 amide bonds. The highest BCUT2D eigenvalue weighted by atomic mass is 19.1. The zero-order valence-corrected chi connectivity index (χ0v) is 12.2. The van der Waals surface area contributed by atoms with Crippen LogP contribution in [-0.2, 0) is 16.8 Å². The van der Waals surface area contributed by atoms with Gasteiger partial charge in [0.15, 0.2) is 0 Å². The van der Waals surface area contributed by atoms with Crippen LogP contribution in [-0.4, -0.2) is 29.9 Å². The summed E-state index contributed by atoms with van der Waals surface area (Å²) in [7, 11) is 7.02. The van der Waals surface area contributed by atoms with E-state index in [1.807, 2.05) is 0 Å². The Kier molecular flexibility index (Phi) is 4.67. The number of hydrogen-bond acceptors (Lipinski definition) is 6. The number of aromatic nitrogens is 3. The van der Waals surface area contributed by atoms with Gasteiger partial charge in [0.1, 0.15) is 19.4 Å². The van der Waals surface area contributed by atoms with Crippen molar-refractivity contribution in [2.24, 2.45) is 10.9 Å². The van der Waals surface area contributed by atoms with Crippen LogP contribution in [0.25, 0.3) is 0 Å². The number of nitrogens with zero attached hydrogens (tertiary/aromatic N) is 4. The third kappa shape index (κ3) is 3.20. The smallest absolute Gasteiger partial charge is 0.233 e. The van der Waals surface area contributed by atoms with E-state index in [2.05, 4.69) is 15.5 Å². The molecule has 0 saturated heterocycles. The van der Waals surface area contributed by atoms with Crippen LogP contribution in [0, 0.1) is 10.7 Å². The Morgan fingerprint density at radius 2 is 2.32 bits per heavy atom. The van der Waals surface area contributed by atoms with Crippen LogP contribution < -0.4 is 11.2 Å². The SMILES string of the molecule is [B]c1ccc(F)c([C@@](C)(N)Cn2nncc2C(N=O)OC)c1. The van der Waals surface area contributed by atoms with Gasteiger partial charge in [-0.2, -0.15) is 0 Å². The maximum absolute atomic E-state index is 14.0. The monoisotopic (exact) mass is 303 g/mol. The topological polar surface area (TPSA) is 95.4 Å². The summed E-state index contributed by atoms with van der Waals surface area (Å²) in [5, 5.41) is 10.4. The normalized spacial score (nSPS) is 15.3. The van der Waals surface area contributed by atoms with Gasteiger partial charge in [0.25, 0.3) is 0 Å². The van der Waals surface area contributed by atoms with Crippen molar-refractivity contribution in [2.45, 2.75) is 25.2 Å². The standard InChI is InChI=1S/C13H15BFN5O2/c1-13(16,9-5-8(14)3-4-10(9)15)7-20-11(6-17-19-20)12(18-21)22-2/h3-6,12H,7,16H2,1-2H3/t12?,13-/m0/s1. The Bertz CT molecular complexity index is 676. The summed E-state index contributed by atoms with van der Waals surface area (Å²) in [6, 6.07) is 4.17. The molecule has 1 aromatic heterocycles. The molecule has 2 N–H and O–H groups in total. The second kappa shape index (κ2) is 6.33. The van der Waals surface area contributed by atoms with E-state index in [0.29, 0.717) is 11.2 Å². The number of rotatable bonds is 6. The molecule has 1 aromatic carbocycles. The van der Waals surface area contributed by atoms with Crippen LogP contribution in [0.3, 0.4) is 0 Å². The molecule has 2 aromatic rings. The van der Waals surface area contributed by atoms with Gasteiger partial charge in [-0.05, 0) is 18.2 Å². The molecular formula is C13H15BFN5O2. The maximum atomic E-state index is 14.0. The average molecular weight is 303 g/mol. The van der Waals surface area contributed by atoms with Gasteiger partial charge in [0.2, 0.25) is 6.23 Å². The summed E-state index contributed by atoms with van der Waals surface area (Å²) in [5.74, 6) is -0.474. The molecule has 7 nitrogen and oxygen atoms in total. The van der Waals surface area contributed by atoms with E-state index in [1.165, 1.54) is 36.2 Å². The molecule has 0 spiro atoms. The Morgan fingerprint density at radius 3 is 2.95 bits per heavy atom. The van der Waals surface area contributed by atoms with Gasteiger partial charge < -0.3 is 10.5 Å². The number of hydrogen-bond donors (Lipinski definition) is 1. The molecule has 0 aliphatic rings. The molecule has 2 atom stereocenters. The molecule has 2 radical (unpaired) electrons. The minimum absolute atomic E-state index is 0.0675. The van der Waals surface area contributed by atoms with E-state index in [-0.39, 0.29) is 12.1 Å². The van der Waals surface area contributed by atoms with Crippen molar-refractivity contribution in [1.82, 2.24) is 15.0 Å². The van der Waals surface area contributed by atoms with E-state index in [4.69, 9.17) is 18.3 Å². The third-order valence-electron chi connectivity index (χ3n) is 3.30. The van der Waals surface area contributed by atoms with Gasteiger partial charge in [-0.3, -0.25) is 0 Å². The van der Waals surface area contributed by atoms with E-state index >= 15 is 0 Å². The zero-order chi connectivity index (χ0) is 16.3. The maximum Gasteiger partial charge on any atom is 0.233 e. The van der Waals surface area contributed by atoms with Crippen LogP contribution in [0.1, 0.15) is 24.4 Å². The van der Waals surface area contributed by atoms with Gasteiger partial charge in [0, 0.05) is 12.7 Å². The Labute approximate surface area is 128 Å². The fraction of sp³-hybridized carbons (Fsp3) is 0.385. The molecule has 0 aliphatic carbocycles. The highest BCUT2D eigenvalue weighted by Gasteiger charge is 2.28. The first-order valence-electron chi connectivity index (χ1n) is 6.47. The number of benzene rings is 1. The van der Waals surface area contributed by atoms with E-state index in [1.54, 1.807) is 6.92 Å². The number of nitrogens with two attached hydrogens (primary N) is 1. The highest BCUT2D eigenvalue weighted by Crippen LogP contribution is 2.24. The third-order valence-corrected chi connectivity index (χ3v) is 3.30. The molecule has 0 saturated carbocycles. The van der Waals surface area contributed by atoms with Gasteiger partial charge in [-0.25, -0.2) is 9.07 Å². The van der Waals surface area contributed by atoms with Crippen molar-refractivity contribution in [3.63, 3.8) is 0 Å². The minimum Gasteiger partial charge on any atom is -0.351 e. The van der Waals surface area contributed by atoms with Gasteiger partial charge in [0.05, 0.1) is 18.3 Å². The summed E-state index contributed by atoms with van der Waals surface area (Å²) in [6.45, 7) is 1.70. The summed E-state index contributed by atoms with van der Waals surface area (Å²) in [4.78, 5) is 10.8. The van der Waals surface area contributed by atoms with Crippen molar-refractivity contribution in [3.05, 3.63) is 46.4 Å². The summed E-state index contributed by atoms with van der Waals surface area (Å²) >= 11 is 0. The fourth-order valence-corrected chi connectivity index (χ4v) is 2.17. The lowest BCUT2D eigenvalue weighted by Crippen LogP contribution is -2.40. The second-order valence-corrected chi connectivity index (χ2v) is 5.17. The molecule has 22 heavy (non-hydrogen) atoms. The summed E-state index contributed by atoms with van der Waals surface area (Å²) in [5.41, 5.74) is 6.06. The highest BCUT2D eigenvalue weighted by molar-refractivity contribution is 6.32. The van der Waals surface area contributed by atoms with Crippen molar-refractivity contribution in [1.29, 1.82) is 0 Å². The molecule has 0 fully saturated rings. The Balaban J connectivity index is 2.35. The largest absolute Gasteiger partial charge is 0.351 e. The first-order chi connectivity index (χ1) is 10.4. The van der Waals surface area contributed by atoms with Crippen molar-refractivity contribution in [2.75, 3.05) is 7.11 Å². The zero-order valence-electron chi connectivity index (χ0n) is 12.2. The number of halogens is 1. The van der Waals surface area contributed by atoms with Crippen LogP contribution in [0.4, 0.5) is 4.39 Å². The number of methoxy groups -OCH3 is 1. The molecule has 0 bridgehead atoms. The van der Waals surface area contributed by atoms with Gasteiger partial charge >= 0.3 is 0 Å². The first-order valence-corrected chi connectivity index (χ1v) is 6.47. The van der Waals surface area contributed by atoms with Crippen molar-refractivity contribution >= 4 is 13.3 Å². The fourth-order valence-electron chi connectivity index (χ4n) is 2.17. The van der Waals surface area contributed by atoms with Gasteiger partial charge in [-0.1, -0.05) is 22.8 Å².